The summed E-state index contributed by atoms with van der Waals surface area (Å²) >= 11 is 0. The van der Waals surface area contributed by atoms with E-state index in [-0.39, 0.29) is 11.8 Å². The molecule has 0 unspecified atom stereocenters. The van der Waals surface area contributed by atoms with Crippen molar-refractivity contribution in [3.05, 3.63) is 53.6 Å². The van der Waals surface area contributed by atoms with Crippen molar-refractivity contribution < 1.29 is 27.4 Å². The van der Waals surface area contributed by atoms with Crippen LogP contribution in [0.1, 0.15) is 11.1 Å². The van der Waals surface area contributed by atoms with E-state index in [4.69, 9.17) is 9.47 Å². The number of benzene rings is 2. The third-order valence-corrected chi connectivity index (χ3v) is 6.18. The van der Waals surface area contributed by atoms with Gasteiger partial charge in [0, 0.05) is 45.0 Å². The molecule has 1 fully saturated rings. The number of carbonyl (C=O) groups excluding carboxylic acids is 1. The Kier molecular flexibility index (Phi) is 6.97. The third-order valence-electron chi connectivity index (χ3n) is 6.18. The number of anilines is 1. The number of amides is 1. The quantitative estimate of drug-likeness (QED) is 0.713. The van der Waals surface area contributed by atoms with Crippen molar-refractivity contribution in [1.29, 1.82) is 0 Å². The number of piperazine rings is 1. The van der Waals surface area contributed by atoms with Crippen LogP contribution in [0.3, 0.4) is 0 Å². The molecule has 2 aromatic rings. The average Bonchev–Trinajstić information content (AvgIpc) is 2.83. The van der Waals surface area contributed by atoms with Crippen molar-refractivity contribution in [3.63, 3.8) is 0 Å². The standard InChI is InChI=1S/C24H28F3N3O3/c1-32-21-5-6-22-17(14-21)13-18(16-33-22)23(31)28-7-8-29-9-11-30(12-10-29)20-4-2-3-19(15-20)24(25,26)27/h2-6,14-15,18H,7-13,16H2,1H3,(H,28,31)/t18-/m1/s1. The van der Waals surface area contributed by atoms with Gasteiger partial charge in [0.05, 0.1) is 18.6 Å². The second kappa shape index (κ2) is 9.91. The summed E-state index contributed by atoms with van der Waals surface area (Å²) in [5, 5.41) is 3.00. The molecule has 0 aliphatic carbocycles. The average molecular weight is 464 g/mol. The fourth-order valence-electron chi connectivity index (χ4n) is 4.26. The highest BCUT2D eigenvalue weighted by Gasteiger charge is 2.31. The first kappa shape index (κ1) is 23.2. The molecule has 1 N–H and O–H groups in total. The molecule has 1 amide bonds. The molecule has 0 bridgehead atoms. The van der Waals surface area contributed by atoms with E-state index in [1.165, 1.54) is 12.1 Å². The third kappa shape index (κ3) is 5.71. The topological polar surface area (TPSA) is 54.0 Å². The van der Waals surface area contributed by atoms with Crippen LogP contribution < -0.4 is 19.7 Å². The normalized spacial score (nSPS) is 18.9. The molecule has 178 valence electrons. The van der Waals surface area contributed by atoms with Gasteiger partial charge in [-0.2, -0.15) is 13.2 Å². The molecule has 0 aromatic heterocycles. The Morgan fingerprint density at radius 3 is 2.67 bits per heavy atom. The number of fused-ring (bicyclic) bond motifs is 1. The number of carbonyl (C=O) groups is 1. The van der Waals surface area contributed by atoms with E-state index in [9.17, 15) is 18.0 Å². The van der Waals surface area contributed by atoms with Crippen molar-refractivity contribution in [1.82, 2.24) is 10.2 Å². The van der Waals surface area contributed by atoms with Gasteiger partial charge in [0.15, 0.2) is 0 Å². The molecule has 33 heavy (non-hydrogen) atoms. The van der Waals surface area contributed by atoms with E-state index >= 15 is 0 Å². The predicted octanol–water partition coefficient (Wildman–Crippen LogP) is 3.20. The lowest BCUT2D eigenvalue weighted by Crippen LogP contribution is -2.49. The SMILES string of the molecule is COc1ccc2c(c1)C[C@@H](C(=O)NCCN1CCN(c3cccc(C(F)(F)F)c3)CC1)CO2. The minimum Gasteiger partial charge on any atom is -0.497 e. The lowest BCUT2D eigenvalue weighted by molar-refractivity contribution is -0.137. The Morgan fingerprint density at radius 1 is 1.15 bits per heavy atom. The Morgan fingerprint density at radius 2 is 1.94 bits per heavy atom. The summed E-state index contributed by atoms with van der Waals surface area (Å²) in [5.74, 6) is 1.25. The van der Waals surface area contributed by atoms with Crippen LogP contribution in [0.15, 0.2) is 42.5 Å². The zero-order valence-electron chi connectivity index (χ0n) is 18.5. The Hall–Kier alpha value is -2.94. The van der Waals surface area contributed by atoms with Crippen LogP contribution in [0, 0.1) is 5.92 Å². The van der Waals surface area contributed by atoms with Gasteiger partial charge in [0.1, 0.15) is 18.1 Å². The minimum atomic E-state index is -4.34. The van der Waals surface area contributed by atoms with Crippen LogP contribution in [0.2, 0.25) is 0 Å². The highest BCUT2D eigenvalue weighted by atomic mass is 19.4. The number of hydrogen-bond donors (Lipinski definition) is 1. The molecule has 2 aliphatic rings. The van der Waals surface area contributed by atoms with Gasteiger partial charge in [-0.15, -0.1) is 0 Å². The van der Waals surface area contributed by atoms with Crippen molar-refractivity contribution >= 4 is 11.6 Å². The van der Waals surface area contributed by atoms with Crippen LogP contribution >= 0.6 is 0 Å². The summed E-state index contributed by atoms with van der Waals surface area (Å²) in [5.41, 5.74) is 0.927. The van der Waals surface area contributed by atoms with Gasteiger partial charge in [-0.1, -0.05) is 6.07 Å². The number of halogens is 3. The minimum absolute atomic E-state index is 0.0360. The van der Waals surface area contributed by atoms with Crippen molar-refractivity contribution in [2.45, 2.75) is 12.6 Å². The smallest absolute Gasteiger partial charge is 0.416 e. The molecular weight excluding hydrogens is 435 g/mol. The predicted molar refractivity (Wildman–Crippen MR) is 119 cm³/mol. The van der Waals surface area contributed by atoms with E-state index in [0.717, 1.165) is 36.2 Å². The van der Waals surface area contributed by atoms with Gasteiger partial charge in [0.2, 0.25) is 5.91 Å². The highest BCUT2D eigenvalue weighted by Crippen LogP contribution is 2.32. The molecule has 1 atom stereocenters. The molecular formula is C24H28F3N3O3. The van der Waals surface area contributed by atoms with Gasteiger partial charge in [-0.25, -0.2) is 0 Å². The molecule has 0 saturated carbocycles. The van der Waals surface area contributed by atoms with E-state index < -0.39 is 11.7 Å². The van der Waals surface area contributed by atoms with Gasteiger partial charge in [0.25, 0.3) is 0 Å². The lowest BCUT2D eigenvalue weighted by Gasteiger charge is -2.36. The molecule has 4 rings (SSSR count). The molecule has 2 aromatic carbocycles. The number of hydrogen-bond acceptors (Lipinski definition) is 5. The molecule has 2 aliphatic heterocycles. The van der Waals surface area contributed by atoms with Crippen molar-refractivity contribution in [3.8, 4) is 11.5 Å². The number of nitrogens with one attached hydrogen (secondary N) is 1. The number of methoxy groups -OCH3 is 1. The summed E-state index contributed by atoms with van der Waals surface area (Å²) in [6.45, 7) is 4.30. The highest BCUT2D eigenvalue weighted by molar-refractivity contribution is 5.79. The summed E-state index contributed by atoms with van der Waals surface area (Å²) in [6.07, 6.45) is -3.73. The van der Waals surface area contributed by atoms with Crippen LogP contribution in [-0.2, 0) is 17.4 Å². The number of nitrogens with zero attached hydrogens (tertiary/aromatic N) is 2. The molecule has 2 heterocycles. The first-order valence-corrected chi connectivity index (χ1v) is 11.1. The molecule has 0 spiro atoms. The zero-order valence-corrected chi connectivity index (χ0v) is 18.5. The van der Waals surface area contributed by atoms with E-state index in [1.54, 1.807) is 13.2 Å². The largest absolute Gasteiger partial charge is 0.497 e. The van der Waals surface area contributed by atoms with Crippen LogP contribution in [0.5, 0.6) is 11.5 Å². The van der Waals surface area contributed by atoms with Crippen molar-refractivity contribution in [2.24, 2.45) is 5.92 Å². The second-order valence-electron chi connectivity index (χ2n) is 8.35. The molecule has 6 nitrogen and oxygen atoms in total. The lowest BCUT2D eigenvalue weighted by atomic mass is 9.96. The van der Waals surface area contributed by atoms with Crippen molar-refractivity contribution in [2.75, 3.05) is 57.9 Å². The first-order chi connectivity index (χ1) is 15.8. The first-order valence-electron chi connectivity index (χ1n) is 11.1. The Bertz CT molecular complexity index is 975. The van der Waals surface area contributed by atoms with Crippen LogP contribution in [0.4, 0.5) is 18.9 Å². The maximum atomic E-state index is 13.0. The Labute approximate surface area is 191 Å². The van der Waals surface area contributed by atoms with E-state index in [2.05, 4.69) is 10.2 Å². The monoisotopic (exact) mass is 463 g/mol. The Balaban J connectivity index is 1.21. The number of ether oxygens (including phenoxy) is 2. The summed E-state index contributed by atoms with van der Waals surface area (Å²) in [6, 6.07) is 11.1. The number of rotatable bonds is 6. The molecule has 0 radical (unpaired) electrons. The maximum Gasteiger partial charge on any atom is 0.416 e. The van der Waals surface area contributed by atoms with Gasteiger partial charge in [-0.3, -0.25) is 9.69 Å². The summed E-state index contributed by atoms with van der Waals surface area (Å²) in [4.78, 5) is 16.8. The summed E-state index contributed by atoms with van der Waals surface area (Å²) in [7, 11) is 1.61. The zero-order chi connectivity index (χ0) is 23.4. The fraction of sp³-hybridized carbons (Fsp3) is 0.458. The maximum absolute atomic E-state index is 13.0. The molecule has 9 heteroatoms. The summed E-state index contributed by atoms with van der Waals surface area (Å²) < 4.78 is 49.9. The van der Waals surface area contributed by atoms with Gasteiger partial charge in [-0.05, 0) is 48.4 Å². The second-order valence-corrected chi connectivity index (χ2v) is 8.35. The van der Waals surface area contributed by atoms with Gasteiger partial charge < -0.3 is 19.7 Å². The van der Waals surface area contributed by atoms with Crippen LogP contribution in [0.25, 0.3) is 0 Å². The fourth-order valence-corrected chi connectivity index (χ4v) is 4.26. The van der Waals surface area contributed by atoms with Crippen LogP contribution in [-0.4, -0.2) is 63.8 Å². The number of alkyl halides is 3. The van der Waals surface area contributed by atoms with E-state index in [0.29, 0.717) is 44.9 Å². The molecule has 1 saturated heterocycles. The van der Waals surface area contributed by atoms with E-state index in [1.807, 2.05) is 23.1 Å². The van der Waals surface area contributed by atoms with Gasteiger partial charge >= 0.3 is 6.18 Å².